The lowest BCUT2D eigenvalue weighted by atomic mass is 9.96. The molecule has 2 atom stereocenters. The molecule has 2 aromatic rings. The lowest BCUT2D eigenvalue weighted by molar-refractivity contribution is -0.165. The van der Waals surface area contributed by atoms with E-state index in [0.717, 1.165) is 18.4 Å². The Morgan fingerprint density at radius 1 is 1.31 bits per heavy atom. The molecule has 2 amide bonds. The minimum atomic E-state index is -0.784. The Bertz CT molecular complexity index is 877. The molecule has 0 spiro atoms. The summed E-state index contributed by atoms with van der Waals surface area (Å²) in [7, 11) is 1.60. The van der Waals surface area contributed by atoms with Crippen molar-refractivity contribution < 1.29 is 23.6 Å². The van der Waals surface area contributed by atoms with Crippen molar-refractivity contribution in [2.45, 2.75) is 44.4 Å². The van der Waals surface area contributed by atoms with Crippen LogP contribution in [0.25, 0.3) is 0 Å². The fraction of sp³-hybridized carbons (Fsp3) is 0.500. The molecule has 1 aliphatic heterocycles. The molecule has 29 heavy (non-hydrogen) atoms. The molecular weight excluding hydrogens is 376 g/mol. The summed E-state index contributed by atoms with van der Waals surface area (Å²) in [5.41, 5.74) is 0.847. The topological polar surface area (TPSA) is 107 Å². The van der Waals surface area contributed by atoms with Gasteiger partial charge < -0.3 is 24.2 Å². The van der Waals surface area contributed by atoms with Crippen LogP contribution in [-0.4, -0.2) is 59.3 Å². The fourth-order valence-corrected chi connectivity index (χ4v) is 3.61. The van der Waals surface area contributed by atoms with Crippen molar-refractivity contribution in [2.75, 3.05) is 20.3 Å². The molecule has 1 N–H and O–H groups in total. The van der Waals surface area contributed by atoms with Crippen LogP contribution in [0.1, 0.15) is 36.2 Å². The SMILES string of the molecule is COc1ccc([C@@H]2[C@@H](C(=O)NCCc3noc(C)n3)OCC(=O)N2C2CC2)cc1. The second-order valence-electron chi connectivity index (χ2n) is 7.25. The van der Waals surface area contributed by atoms with Crippen LogP contribution in [0.5, 0.6) is 5.75 Å². The first-order valence-electron chi connectivity index (χ1n) is 9.70. The van der Waals surface area contributed by atoms with Gasteiger partial charge in [-0.2, -0.15) is 4.98 Å². The number of methoxy groups -OCH3 is 1. The highest BCUT2D eigenvalue weighted by molar-refractivity contribution is 5.86. The van der Waals surface area contributed by atoms with Crippen molar-refractivity contribution in [3.8, 4) is 5.75 Å². The number of nitrogens with zero attached hydrogens (tertiary/aromatic N) is 3. The van der Waals surface area contributed by atoms with Crippen LogP contribution in [0.3, 0.4) is 0 Å². The number of nitrogens with one attached hydrogen (secondary N) is 1. The lowest BCUT2D eigenvalue weighted by Gasteiger charge is -2.40. The summed E-state index contributed by atoms with van der Waals surface area (Å²) in [4.78, 5) is 31.4. The number of hydrogen-bond acceptors (Lipinski definition) is 7. The molecule has 1 aromatic heterocycles. The Kier molecular flexibility index (Phi) is 5.48. The third-order valence-corrected chi connectivity index (χ3v) is 5.13. The first kappa shape index (κ1) is 19.4. The highest BCUT2D eigenvalue weighted by Gasteiger charge is 2.47. The van der Waals surface area contributed by atoms with Gasteiger partial charge in [0.05, 0.1) is 13.2 Å². The van der Waals surface area contributed by atoms with Gasteiger partial charge in [-0.1, -0.05) is 17.3 Å². The normalized spacial score (nSPS) is 21.9. The van der Waals surface area contributed by atoms with E-state index in [9.17, 15) is 9.59 Å². The van der Waals surface area contributed by atoms with Crippen LogP contribution in [0.4, 0.5) is 0 Å². The first-order chi connectivity index (χ1) is 14.1. The average molecular weight is 400 g/mol. The number of aromatic nitrogens is 2. The Morgan fingerprint density at radius 2 is 2.07 bits per heavy atom. The van der Waals surface area contributed by atoms with Crippen LogP contribution in [0.2, 0.25) is 0 Å². The highest BCUT2D eigenvalue weighted by Crippen LogP contribution is 2.39. The van der Waals surface area contributed by atoms with Gasteiger partial charge in [0.15, 0.2) is 11.9 Å². The van der Waals surface area contributed by atoms with Crippen LogP contribution < -0.4 is 10.1 Å². The number of benzene rings is 1. The predicted molar refractivity (Wildman–Crippen MR) is 101 cm³/mol. The fourth-order valence-electron chi connectivity index (χ4n) is 3.61. The molecule has 9 nitrogen and oxygen atoms in total. The van der Waals surface area contributed by atoms with Crippen LogP contribution in [0, 0.1) is 6.92 Å². The number of morpholine rings is 1. The molecule has 0 radical (unpaired) electrons. The predicted octanol–water partition coefficient (Wildman–Crippen LogP) is 1.18. The van der Waals surface area contributed by atoms with Gasteiger partial charge in [-0.15, -0.1) is 0 Å². The van der Waals surface area contributed by atoms with Gasteiger partial charge >= 0.3 is 0 Å². The number of carbonyl (C=O) groups excluding carboxylic acids is 2. The zero-order chi connectivity index (χ0) is 20.4. The van der Waals surface area contributed by atoms with E-state index in [0.29, 0.717) is 30.4 Å². The quantitative estimate of drug-likeness (QED) is 0.744. The van der Waals surface area contributed by atoms with E-state index in [1.54, 1.807) is 14.0 Å². The third kappa shape index (κ3) is 4.24. The lowest BCUT2D eigenvalue weighted by Crippen LogP contribution is -2.55. The zero-order valence-electron chi connectivity index (χ0n) is 16.5. The second kappa shape index (κ2) is 8.20. The van der Waals surface area contributed by atoms with Gasteiger partial charge in [0.25, 0.3) is 5.91 Å². The summed E-state index contributed by atoms with van der Waals surface area (Å²) < 4.78 is 15.9. The van der Waals surface area contributed by atoms with E-state index in [4.69, 9.17) is 14.0 Å². The largest absolute Gasteiger partial charge is 0.497 e. The summed E-state index contributed by atoms with van der Waals surface area (Å²) in [5.74, 6) is 1.39. The molecule has 9 heteroatoms. The van der Waals surface area contributed by atoms with Crippen LogP contribution in [-0.2, 0) is 20.7 Å². The minimum Gasteiger partial charge on any atom is -0.497 e. The molecular formula is C20H24N4O5. The molecule has 1 aromatic carbocycles. The molecule has 154 valence electrons. The van der Waals surface area contributed by atoms with Gasteiger partial charge in [0.2, 0.25) is 11.8 Å². The molecule has 2 fully saturated rings. The monoisotopic (exact) mass is 400 g/mol. The summed E-state index contributed by atoms with van der Waals surface area (Å²) in [5, 5.41) is 6.70. The zero-order valence-corrected chi connectivity index (χ0v) is 16.5. The van der Waals surface area contributed by atoms with Gasteiger partial charge in [-0.05, 0) is 30.5 Å². The summed E-state index contributed by atoms with van der Waals surface area (Å²) >= 11 is 0. The Hall–Kier alpha value is -2.94. The van der Waals surface area contributed by atoms with Gasteiger partial charge in [-0.3, -0.25) is 9.59 Å². The molecule has 1 aliphatic carbocycles. The molecule has 2 aliphatic rings. The minimum absolute atomic E-state index is 0.0837. The van der Waals surface area contributed by atoms with Crippen molar-refractivity contribution in [3.05, 3.63) is 41.5 Å². The number of carbonyl (C=O) groups is 2. The Balaban J connectivity index is 1.50. The maximum Gasteiger partial charge on any atom is 0.251 e. The maximum absolute atomic E-state index is 12.9. The molecule has 1 saturated carbocycles. The molecule has 0 bridgehead atoms. The number of aryl methyl sites for hydroxylation is 1. The van der Waals surface area contributed by atoms with E-state index in [1.807, 2.05) is 29.2 Å². The molecule has 2 heterocycles. The number of amides is 2. The highest BCUT2D eigenvalue weighted by atomic mass is 16.5. The van der Waals surface area contributed by atoms with Crippen LogP contribution in [0.15, 0.2) is 28.8 Å². The smallest absolute Gasteiger partial charge is 0.251 e. The van der Waals surface area contributed by atoms with Crippen molar-refractivity contribution in [1.82, 2.24) is 20.4 Å². The van der Waals surface area contributed by atoms with E-state index in [2.05, 4.69) is 15.5 Å². The number of hydrogen-bond donors (Lipinski definition) is 1. The Labute approximate surface area is 168 Å². The standard InChI is InChI=1S/C20H24N4O5/c1-12-22-16(23-29-12)9-10-21-20(26)19-18(13-3-7-15(27-2)8-4-13)24(14-5-6-14)17(25)11-28-19/h3-4,7-8,14,18-19H,5-6,9-11H2,1-2H3,(H,21,26)/t18-,19+/m1/s1. The summed E-state index contributed by atoms with van der Waals surface area (Å²) in [6.07, 6.45) is 1.57. The van der Waals surface area contributed by atoms with E-state index >= 15 is 0 Å². The molecule has 1 saturated heterocycles. The summed E-state index contributed by atoms with van der Waals surface area (Å²) in [6, 6.07) is 7.10. The van der Waals surface area contributed by atoms with E-state index in [-0.39, 0.29) is 24.5 Å². The first-order valence-corrected chi connectivity index (χ1v) is 9.70. The van der Waals surface area contributed by atoms with Crippen molar-refractivity contribution in [1.29, 1.82) is 0 Å². The van der Waals surface area contributed by atoms with Gasteiger partial charge in [-0.25, -0.2) is 0 Å². The Morgan fingerprint density at radius 3 is 2.69 bits per heavy atom. The summed E-state index contributed by atoms with van der Waals surface area (Å²) in [6.45, 7) is 1.98. The van der Waals surface area contributed by atoms with E-state index < -0.39 is 12.1 Å². The van der Waals surface area contributed by atoms with Gasteiger partial charge in [0.1, 0.15) is 12.4 Å². The second-order valence-corrected chi connectivity index (χ2v) is 7.25. The third-order valence-electron chi connectivity index (χ3n) is 5.13. The number of ether oxygens (including phenoxy) is 2. The van der Waals surface area contributed by atoms with Crippen molar-refractivity contribution in [2.24, 2.45) is 0 Å². The van der Waals surface area contributed by atoms with Crippen molar-refractivity contribution >= 4 is 11.8 Å². The van der Waals surface area contributed by atoms with E-state index in [1.165, 1.54) is 0 Å². The maximum atomic E-state index is 12.9. The van der Waals surface area contributed by atoms with Crippen molar-refractivity contribution in [3.63, 3.8) is 0 Å². The molecule has 4 rings (SSSR count). The average Bonchev–Trinajstić information content (AvgIpc) is 3.48. The molecule has 0 unspecified atom stereocenters. The van der Waals surface area contributed by atoms with Gasteiger partial charge in [0, 0.05) is 25.9 Å². The van der Waals surface area contributed by atoms with Crippen LogP contribution >= 0.6 is 0 Å². The number of rotatable bonds is 7.